The molecule has 0 bridgehead atoms. The van der Waals surface area contributed by atoms with Gasteiger partial charge in [-0.2, -0.15) is 0 Å². The zero-order chi connectivity index (χ0) is 10.7. The minimum atomic E-state index is -0.316. The van der Waals surface area contributed by atoms with Gasteiger partial charge in [0.05, 0.1) is 0 Å². The Morgan fingerprint density at radius 2 is 2.07 bits per heavy atom. The van der Waals surface area contributed by atoms with Crippen LogP contribution in [0.5, 0.6) is 0 Å². The maximum atomic E-state index is 12.7. The summed E-state index contributed by atoms with van der Waals surface area (Å²) in [5, 5.41) is 2.76. The van der Waals surface area contributed by atoms with Crippen LogP contribution in [-0.4, -0.2) is 11.9 Å². The van der Waals surface area contributed by atoms with Gasteiger partial charge in [0.15, 0.2) is 0 Å². The van der Waals surface area contributed by atoms with Crippen LogP contribution in [0.4, 0.5) is 4.39 Å². The van der Waals surface area contributed by atoms with E-state index in [1.807, 2.05) is 13.8 Å². The average Bonchev–Trinajstić information content (AvgIpc) is 2.01. The zero-order valence-corrected chi connectivity index (χ0v) is 8.60. The molecule has 76 valence electrons. The van der Waals surface area contributed by atoms with E-state index in [1.165, 1.54) is 18.2 Å². The first-order valence-corrected chi connectivity index (χ1v) is 4.57. The Balaban J connectivity index is 2.90. The average molecular weight is 195 g/mol. The number of nitrogens with one attached hydrogen (secondary N) is 1. The van der Waals surface area contributed by atoms with Gasteiger partial charge >= 0.3 is 0 Å². The van der Waals surface area contributed by atoms with Crippen molar-refractivity contribution in [3.8, 4) is 0 Å². The van der Waals surface area contributed by atoms with E-state index in [9.17, 15) is 9.18 Å². The number of halogens is 1. The van der Waals surface area contributed by atoms with Crippen LogP contribution in [0.1, 0.15) is 29.8 Å². The van der Waals surface area contributed by atoms with Crippen molar-refractivity contribution in [3.05, 3.63) is 35.1 Å². The Bertz CT molecular complexity index is 347. The number of hydrogen-bond acceptors (Lipinski definition) is 1. The van der Waals surface area contributed by atoms with Crippen LogP contribution in [0.2, 0.25) is 0 Å². The molecule has 0 fully saturated rings. The van der Waals surface area contributed by atoms with Crippen LogP contribution < -0.4 is 5.32 Å². The summed E-state index contributed by atoms with van der Waals surface area (Å²) in [6.07, 6.45) is 0. The van der Waals surface area contributed by atoms with E-state index >= 15 is 0 Å². The highest BCUT2D eigenvalue weighted by atomic mass is 19.1. The van der Waals surface area contributed by atoms with Gasteiger partial charge in [0.25, 0.3) is 5.91 Å². The molecule has 0 aliphatic rings. The number of aryl methyl sites for hydroxylation is 1. The van der Waals surface area contributed by atoms with Crippen LogP contribution in [0.15, 0.2) is 18.2 Å². The van der Waals surface area contributed by atoms with Gasteiger partial charge in [-0.3, -0.25) is 4.79 Å². The van der Waals surface area contributed by atoms with E-state index in [1.54, 1.807) is 6.92 Å². The van der Waals surface area contributed by atoms with Crippen LogP contribution in [0, 0.1) is 12.7 Å². The Morgan fingerprint density at radius 3 is 2.57 bits per heavy atom. The summed E-state index contributed by atoms with van der Waals surface area (Å²) in [6.45, 7) is 5.49. The van der Waals surface area contributed by atoms with Crippen molar-refractivity contribution >= 4 is 5.91 Å². The maximum absolute atomic E-state index is 12.7. The Kier molecular flexibility index (Phi) is 3.23. The lowest BCUT2D eigenvalue weighted by atomic mass is 10.1. The SMILES string of the molecule is Cc1cc(F)ccc1C(=O)NC(C)C. The highest BCUT2D eigenvalue weighted by Crippen LogP contribution is 2.09. The van der Waals surface area contributed by atoms with E-state index < -0.39 is 0 Å². The Morgan fingerprint density at radius 1 is 1.43 bits per heavy atom. The minimum absolute atomic E-state index is 0.0898. The Labute approximate surface area is 83.1 Å². The molecule has 1 aromatic carbocycles. The molecule has 0 saturated carbocycles. The summed E-state index contributed by atoms with van der Waals surface area (Å²) in [6, 6.07) is 4.24. The molecule has 0 aliphatic heterocycles. The van der Waals surface area contributed by atoms with Gasteiger partial charge in [-0.1, -0.05) is 0 Å². The first-order chi connectivity index (χ1) is 6.50. The van der Waals surface area contributed by atoms with Gasteiger partial charge in [0.2, 0.25) is 0 Å². The van der Waals surface area contributed by atoms with Crippen molar-refractivity contribution in [2.24, 2.45) is 0 Å². The van der Waals surface area contributed by atoms with Crippen molar-refractivity contribution in [1.29, 1.82) is 0 Å². The summed E-state index contributed by atoms with van der Waals surface area (Å²) >= 11 is 0. The molecule has 3 heteroatoms. The molecule has 0 unspecified atom stereocenters. The molecular formula is C11H14FNO. The van der Waals surface area contributed by atoms with E-state index in [0.717, 1.165) is 0 Å². The summed E-state index contributed by atoms with van der Waals surface area (Å²) in [4.78, 5) is 11.6. The first-order valence-electron chi connectivity index (χ1n) is 4.57. The predicted molar refractivity (Wildman–Crippen MR) is 53.7 cm³/mol. The van der Waals surface area contributed by atoms with Crippen LogP contribution in [0.3, 0.4) is 0 Å². The van der Waals surface area contributed by atoms with E-state index in [4.69, 9.17) is 0 Å². The fourth-order valence-electron chi connectivity index (χ4n) is 1.22. The number of carbonyl (C=O) groups is 1. The highest BCUT2D eigenvalue weighted by Gasteiger charge is 2.09. The van der Waals surface area contributed by atoms with Gasteiger partial charge in [-0.15, -0.1) is 0 Å². The number of carbonyl (C=O) groups excluding carboxylic acids is 1. The molecule has 0 atom stereocenters. The maximum Gasteiger partial charge on any atom is 0.251 e. The van der Waals surface area contributed by atoms with Crippen molar-refractivity contribution in [1.82, 2.24) is 5.32 Å². The van der Waals surface area contributed by atoms with Gasteiger partial charge < -0.3 is 5.32 Å². The first kappa shape index (κ1) is 10.7. The van der Waals surface area contributed by atoms with E-state index in [2.05, 4.69) is 5.32 Å². The van der Waals surface area contributed by atoms with Crippen LogP contribution >= 0.6 is 0 Å². The molecule has 0 spiro atoms. The van der Waals surface area contributed by atoms with Crippen molar-refractivity contribution in [3.63, 3.8) is 0 Å². The molecule has 0 radical (unpaired) electrons. The highest BCUT2D eigenvalue weighted by molar-refractivity contribution is 5.95. The monoisotopic (exact) mass is 195 g/mol. The number of benzene rings is 1. The van der Waals surface area contributed by atoms with Crippen molar-refractivity contribution < 1.29 is 9.18 Å². The van der Waals surface area contributed by atoms with Crippen molar-refractivity contribution in [2.75, 3.05) is 0 Å². The second-order valence-corrected chi connectivity index (χ2v) is 3.59. The molecule has 0 heterocycles. The fourth-order valence-corrected chi connectivity index (χ4v) is 1.22. The smallest absolute Gasteiger partial charge is 0.251 e. The minimum Gasteiger partial charge on any atom is -0.350 e. The van der Waals surface area contributed by atoms with Crippen LogP contribution in [-0.2, 0) is 0 Å². The summed E-state index contributed by atoms with van der Waals surface area (Å²) in [5.74, 6) is -0.471. The third-order valence-electron chi connectivity index (χ3n) is 1.85. The van der Waals surface area contributed by atoms with E-state index in [-0.39, 0.29) is 17.8 Å². The molecule has 0 aliphatic carbocycles. The normalized spacial score (nSPS) is 10.4. The third-order valence-corrected chi connectivity index (χ3v) is 1.85. The van der Waals surface area contributed by atoms with E-state index in [0.29, 0.717) is 11.1 Å². The van der Waals surface area contributed by atoms with Gasteiger partial charge in [-0.05, 0) is 44.5 Å². The molecule has 1 N–H and O–H groups in total. The molecule has 0 saturated heterocycles. The molecular weight excluding hydrogens is 181 g/mol. The molecule has 1 amide bonds. The van der Waals surface area contributed by atoms with Crippen molar-refractivity contribution in [2.45, 2.75) is 26.8 Å². The third kappa shape index (κ3) is 2.55. The molecule has 1 rings (SSSR count). The zero-order valence-electron chi connectivity index (χ0n) is 8.60. The molecule has 2 nitrogen and oxygen atoms in total. The summed E-state index contributed by atoms with van der Waals surface area (Å²) < 4.78 is 12.7. The van der Waals surface area contributed by atoms with Gasteiger partial charge in [0.1, 0.15) is 5.82 Å². The van der Waals surface area contributed by atoms with Crippen LogP contribution in [0.25, 0.3) is 0 Å². The fraction of sp³-hybridized carbons (Fsp3) is 0.364. The number of hydrogen-bond donors (Lipinski definition) is 1. The largest absolute Gasteiger partial charge is 0.350 e. The van der Waals surface area contributed by atoms with Gasteiger partial charge in [0, 0.05) is 11.6 Å². The standard InChI is InChI=1S/C11H14FNO/c1-7(2)13-11(14)10-5-4-9(12)6-8(10)3/h4-7H,1-3H3,(H,13,14). The summed E-state index contributed by atoms with van der Waals surface area (Å²) in [5.41, 5.74) is 1.18. The Hall–Kier alpha value is -1.38. The quantitative estimate of drug-likeness (QED) is 0.770. The topological polar surface area (TPSA) is 29.1 Å². The second kappa shape index (κ2) is 4.22. The molecule has 1 aromatic rings. The lowest BCUT2D eigenvalue weighted by Gasteiger charge is -2.09. The summed E-state index contributed by atoms with van der Waals surface area (Å²) in [7, 11) is 0. The lowest BCUT2D eigenvalue weighted by molar-refractivity contribution is 0.0942. The van der Waals surface area contributed by atoms with Gasteiger partial charge in [-0.25, -0.2) is 4.39 Å². The lowest BCUT2D eigenvalue weighted by Crippen LogP contribution is -2.30. The predicted octanol–water partition coefficient (Wildman–Crippen LogP) is 2.27. The molecule has 0 aromatic heterocycles. The molecule has 14 heavy (non-hydrogen) atoms. The number of rotatable bonds is 2. The second-order valence-electron chi connectivity index (χ2n) is 3.59. The number of amides is 1.